The number of aliphatic carboxylic acids is 1. The SMILES string of the molecule is CCC(C)C(NC(=O)C(N)Cc1ccc(O)cc1)C(=O)NC(C(=O)NC(CCCCN)C(=O)O)C(C)O. The Morgan fingerprint density at radius 3 is 2.00 bits per heavy atom. The summed E-state index contributed by atoms with van der Waals surface area (Å²) in [6, 6.07) is 1.52. The molecule has 0 aliphatic carbocycles. The Balaban J connectivity index is 2.92. The van der Waals surface area contributed by atoms with E-state index in [-0.39, 0.29) is 24.5 Å². The number of phenols is 1. The van der Waals surface area contributed by atoms with E-state index in [0.717, 1.165) is 5.56 Å². The number of aliphatic hydroxyl groups excluding tert-OH is 1. The number of nitrogens with two attached hydrogens (primary N) is 2. The first-order valence-corrected chi connectivity index (χ1v) is 12.5. The average molecular weight is 524 g/mol. The summed E-state index contributed by atoms with van der Waals surface area (Å²) in [5.41, 5.74) is 12.2. The summed E-state index contributed by atoms with van der Waals surface area (Å²) < 4.78 is 0. The van der Waals surface area contributed by atoms with Crippen LogP contribution in [0.25, 0.3) is 0 Å². The highest BCUT2D eigenvalue weighted by Gasteiger charge is 2.34. The summed E-state index contributed by atoms with van der Waals surface area (Å²) in [4.78, 5) is 50.2. The van der Waals surface area contributed by atoms with Gasteiger partial charge < -0.3 is 42.7 Å². The van der Waals surface area contributed by atoms with E-state index in [4.69, 9.17) is 11.5 Å². The van der Waals surface area contributed by atoms with Crippen molar-refractivity contribution in [2.24, 2.45) is 17.4 Å². The van der Waals surface area contributed by atoms with Gasteiger partial charge >= 0.3 is 5.97 Å². The Hall–Kier alpha value is -3.22. The van der Waals surface area contributed by atoms with Gasteiger partial charge in [-0.25, -0.2) is 4.79 Å². The van der Waals surface area contributed by atoms with Crippen molar-refractivity contribution in [1.82, 2.24) is 16.0 Å². The van der Waals surface area contributed by atoms with Gasteiger partial charge in [-0.2, -0.15) is 0 Å². The van der Waals surface area contributed by atoms with E-state index in [9.17, 15) is 34.5 Å². The van der Waals surface area contributed by atoms with Gasteiger partial charge in [0.15, 0.2) is 0 Å². The normalized spacial score (nSPS) is 15.9. The molecule has 0 fully saturated rings. The molecule has 0 saturated carbocycles. The van der Waals surface area contributed by atoms with E-state index in [1.165, 1.54) is 19.1 Å². The predicted octanol–water partition coefficient (Wildman–Crippen LogP) is -0.643. The standard InChI is InChI=1S/C25H41N5O7/c1-4-14(2)20(29-22(33)18(27)13-16-8-10-17(32)11-9-16)23(34)30-21(15(3)31)24(35)28-19(25(36)37)7-5-6-12-26/h8-11,14-15,18-21,31-32H,4-7,12-13,26-27H2,1-3H3,(H,28,35)(H,29,33)(H,30,34)(H,36,37). The van der Waals surface area contributed by atoms with E-state index in [0.29, 0.717) is 25.8 Å². The third-order valence-corrected chi connectivity index (χ3v) is 6.15. The van der Waals surface area contributed by atoms with Crippen molar-refractivity contribution in [3.8, 4) is 5.75 Å². The van der Waals surface area contributed by atoms with E-state index in [2.05, 4.69) is 16.0 Å². The van der Waals surface area contributed by atoms with Gasteiger partial charge in [-0.3, -0.25) is 14.4 Å². The molecule has 6 unspecified atom stereocenters. The van der Waals surface area contributed by atoms with Gasteiger partial charge in [0.05, 0.1) is 12.1 Å². The molecule has 12 nitrogen and oxygen atoms in total. The van der Waals surface area contributed by atoms with Crippen LogP contribution in [-0.4, -0.2) is 75.8 Å². The smallest absolute Gasteiger partial charge is 0.326 e. The van der Waals surface area contributed by atoms with Gasteiger partial charge in [0.2, 0.25) is 17.7 Å². The molecule has 0 radical (unpaired) electrons. The third-order valence-electron chi connectivity index (χ3n) is 6.15. The molecule has 37 heavy (non-hydrogen) atoms. The number of nitrogens with one attached hydrogen (secondary N) is 3. The van der Waals surface area contributed by atoms with Gasteiger partial charge in [-0.05, 0) is 62.8 Å². The monoisotopic (exact) mass is 523 g/mol. The molecule has 0 bridgehead atoms. The lowest BCUT2D eigenvalue weighted by Gasteiger charge is -2.29. The van der Waals surface area contributed by atoms with E-state index in [1.807, 2.05) is 6.92 Å². The summed E-state index contributed by atoms with van der Waals surface area (Å²) >= 11 is 0. The molecule has 0 aromatic heterocycles. The fraction of sp³-hybridized carbons (Fsp3) is 0.600. The van der Waals surface area contributed by atoms with Crippen molar-refractivity contribution in [1.29, 1.82) is 0 Å². The first-order valence-electron chi connectivity index (χ1n) is 12.5. The van der Waals surface area contributed by atoms with Crippen LogP contribution in [0.1, 0.15) is 52.0 Å². The van der Waals surface area contributed by atoms with Gasteiger partial charge in [0.25, 0.3) is 0 Å². The number of aromatic hydroxyl groups is 1. The van der Waals surface area contributed by atoms with Crippen LogP contribution >= 0.6 is 0 Å². The van der Waals surface area contributed by atoms with Gasteiger partial charge in [-0.15, -0.1) is 0 Å². The van der Waals surface area contributed by atoms with Crippen molar-refractivity contribution >= 4 is 23.7 Å². The van der Waals surface area contributed by atoms with Crippen molar-refractivity contribution in [2.45, 2.75) is 83.1 Å². The number of carboxylic acids is 1. The number of hydrogen-bond donors (Lipinski definition) is 8. The molecule has 10 N–H and O–H groups in total. The van der Waals surface area contributed by atoms with Crippen molar-refractivity contribution in [2.75, 3.05) is 6.54 Å². The summed E-state index contributed by atoms with van der Waals surface area (Å²) in [5, 5.41) is 36.4. The maximum atomic E-state index is 13.1. The number of carbonyl (C=O) groups is 4. The lowest BCUT2D eigenvalue weighted by molar-refractivity contribution is -0.143. The second-order valence-electron chi connectivity index (χ2n) is 9.26. The zero-order valence-electron chi connectivity index (χ0n) is 21.6. The highest BCUT2D eigenvalue weighted by Crippen LogP contribution is 2.13. The van der Waals surface area contributed by atoms with Crippen LogP contribution in [0, 0.1) is 5.92 Å². The van der Waals surface area contributed by atoms with Crippen LogP contribution in [0.5, 0.6) is 5.75 Å². The fourth-order valence-corrected chi connectivity index (χ4v) is 3.60. The van der Waals surface area contributed by atoms with Crippen LogP contribution in [0.2, 0.25) is 0 Å². The molecule has 0 aliphatic rings. The number of amides is 3. The van der Waals surface area contributed by atoms with Gasteiger partial charge in [0.1, 0.15) is 23.9 Å². The number of hydrogen-bond acceptors (Lipinski definition) is 8. The van der Waals surface area contributed by atoms with Crippen LogP contribution in [0.3, 0.4) is 0 Å². The van der Waals surface area contributed by atoms with Crippen LogP contribution < -0.4 is 27.4 Å². The first-order chi connectivity index (χ1) is 17.4. The first kappa shape index (κ1) is 31.8. The molecule has 0 spiro atoms. The highest BCUT2D eigenvalue weighted by atomic mass is 16.4. The molecule has 0 aliphatic heterocycles. The largest absolute Gasteiger partial charge is 0.508 e. The topological polar surface area (TPSA) is 217 Å². The third kappa shape index (κ3) is 10.7. The number of benzene rings is 1. The average Bonchev–Trinajstić information content (AvgIpc) is 2.85. The molecule has 12 heteroatoms. The molecular formula is C25H41N5O7. The van der Waals surface area contributed by atoms with Crippen LogP contribution in [0.4, 0.5) is 0 Å². The van der Waals surface area contributed by atoms with Crippen molar-refractivity contribution < 1.29 is 34.5 Å². The van der Waals surface area contributed by atoms with Crippen LogP contribution in [0.15, 0.2) is 24.3 Å². The number of aliphatic hydroxyl groups is 1. The Morgan fingerprint density at radius 1 is 0.919 bits per heavy atom. The molecule has 3 amide bonds. The number of carboxylic acid groups (broad SMARTS) is 1. The molecule has 6 atom stereocenters. The minimum atomic E-state index is -1.45. The quantitative estimate of drug-likeness (QED) is 0.129. The number of carbonyl (C=O) groups excluding carboxylic acids is 3. The molecular weight excluding hydrogens is 482 g/mol. The van der Waals surface area contributed by atoms with Gasteiger partial charge in [0, 0.05) is 0 Å². The lowest BCUT2D eigenvalue weighted by Crippen LogP contribution is -2.61. The Bertz CT molecular complexity index is 894. The number of rotatable bonds is 16. The maximum Gasteiger partial charge on any atom is 0.326 e. The Kier molecular flexibility index (Phi) is 13.6. The summed E-state index contributed by atoms with van der Waals surface area (Å²) in [5.74, 6) is -3.66. The second kappa shape index (κ2) is 15.8. The molecule has 0 saturated heterocycles. The van der Waals surface area contributed by atoms with Crippen molar-refractivity contribution in [3.05, 3.63) is 29.8 Å². The Morgan fingerprint density at radius 2 is 1.49 bits per heavy atom. The predicted molar refractivity (Wildman–Crippen MR) is 137 cm³/mol. The lowest BCUT2D eigenvalue weighted by atomic mass is 9.96. The molecule has 1 rings (SSSR count). The molecule has 1 aromatic carbocycles. The number of unbranched alkanes of at least 4 members (excludes halogenated alkanes) is 1. The van der Waals surface area contributed by atoms with Gasteiger partial charge in [-0.1, -0.05) is 32.4 Å². The van der Waals surface area contributed by atoms with E-state index < -0.39 is 54.0 Å². The number of phenolic OH excluding ortho intramolecular Hbond substituents is 1. The summed E-state index contributed by atoms with van der Waals surface area (Å²) in [6.07, 6.45) is 0.545. The molecule has 0 heterocycles. The van der Waals surface area contributed by atoms with Crippen LogP contribution in [-0.2, 0) is 25.6 Å². The second-order valence-corrected chi connectivity index (χ2v) is 9.26. The van der Waals surface area contributed by atoms with E-state index >= 15 is 0 Å². The highest BCUT2D eigenvalue weighted by molar-refractivity contribution is 5.94. The van der Waals surface area contributed by atoms with E-state index in [1.54, 1.807) is 19.1 Å². The fourth-order valence-electron chi connectivity index (χ4n) is 3.60. The molecule has 208 valence electrons. The van der Waals surface area contributed by atoms with Crippen molar-refractivity contribution in [3.63, 3.8) is 0 Å². The maximum absolute atomic E-state index is 13.1. The minimum absolute atomic E-state index is 0.0808. The zero-order chi connectivity index (χ0) is 28.1. The molecule has 1 aromatic rings. The summed E-state index contributed by atoms with van der Waals surface area (Å²) in [7, 11) is 0. The summed E-state index contributed by atoms with van der Waals surface area (Å²) in [6.45, 7) is 5.24. The minimum Gasteiger partial charge on any atom is -0.508 e. The zero-order valence-corrected chi connectivity index (χ0v) is 21.6. The Labute approximate surface area is 217 Å².